The van der Waals surface area contributed by atoms with Crippen molar-refractivity contribution < 1.29 is 9.59 Å². The summed E-state index contributed by atoms with van der Waals surface area (Å²) in [6, 6.07) is 10.1. The van der Waals surface area contributed by atoms with Crippen LogP contribution in [0.5, 0.6) is 0 Å². The van der Waals surface area contributed by atoms with Crippen molar-refractivity contribution in [2.24, 2.45) is 0 Å². The van der Waals surface area contributed by atoms with E-state index in [0.29, 0.717) is 24.7 Å². The number of para-hydroxylation sites is 1. The van der Waals surface area contributed by atoms with E-state index in [1.807, 2.05) is 42.3 Å². The van der Waals surface area contributed by atoms with Gasteiger partial charge < -0.3 is 15.1 Å². The van der Waals surface area contributed by atoms with Crippen LogP contribution in [0.1, 0.15) is 22.5 Å². The van der Waals surface area contributed by atoms with Gasteiger partial charge in [-0.05, 0) is 25.6 Å². The summed E-state index contributed by atoms with van der Waals surface area (Å²) in [5, 5.41) is 7.54. The number of rotatable bonds is 4. The lowest BCUT2D eigenvalue weighted by Gasteiger charge is -2.21. The Morgan fingerprint density at radius 2 is 2.12 bits per heavy atom. The van der Waals surface area contributed by atoms with Gasteiger partial charge in [0.2, 0.25) is 5.91 Å². The van der Waals surface area contributed by atoms with Crippen LogP contribution in [-0.2, 0) is 11.3 Å². The topological polar surface area (TPSA) is 70.5 Å². The maximum atomic E-state index is 12.6. The number of amides is 2. The average Bonchev–Trinajstić information content (AvgIpc) is 3.33. The quantitative estimate of drug-likeness (QED) is 0.888. The van der Waals surface area contributed by atoms with Crippen LogP contribution in [-0.4, -0.2) is 64.1 Å². The highest BCUT2D eigenvalue weighted by Gasteiger charge is 2.34. The van der Waals surface area contributed by atoms with E-state index in [4.69, 9.17) is 0 Å². The van der Waals surface area contributed by atoms with E-state index in [9.17, 15) is 9.59 Å². The van der Waals surface area contributed by atoms with Gasteiger partial charge in [-0.25, -0.2) is 4.68 Å². The number of likely N-dealkylation sites (tertiary alicyclic amines) is 1. The molecule has 130 valence electrons. The van der Waals surface area contributed by atoms with Crippen molar-refractivity contribution in [1.82, 2.24) is 24.9 Å². The van der Waals surface area contributed by atoms with Crippen molar-refractivity contribution in [2.75, 3.05) is 26.7 Å². The Morgan fingerprint density at radius 1 is 1.32 bits per heavy atom. The molecule has 1 aromatic heterocycles. The third kappa shape index (κ3) is 2.80. The maximum absolute atomic E-state index is 12.6. The van der Waals surface area contributed by atoms with Crippen LogP contribution >= 0.6 is 0 Å². The maximum Gasteiger partial charge on any atom is 0.258 e. The molecule has 1 atom stereocenters. The molecule has 3 heterocycles. The van der Waals surface area contributed by atoms with Crippen LogP contribution in [0, 0.1) is 0 Å². The van der Waals surface area contributed by atoms with E-state index in [1.165, 1.54) is 0 Å². The first-order valence-electron chi connectivity index (χ1n) is 8.54. The molecule has 1 N–H and O–H groups in total. The number of fused-ring (bicyclic) bond motifs is 1. The first-order valence-corrected chi connectivity index (χ1v) is 8.54. The number of nitrogens with one attached hydrogen (secondary N) is 1. The molecule has 25 heavy (non-hydrogen) atoms. The minimum Gasteiger partial charge on any atom is -0.340 e. The number of hydrogen-bond acceptors (Lipinski definition) is 4. The second-order valence-electron chi connectivity index (χ2n) is 6.53. The Balaban J connectivity index is 1.48. The number of hydrogen-bond donors (Lipinski definition) is 1. The predicted molar refractivity (Wildman–Crippen MR) is 92.3 cm³/mol. The Kier molecular flexibility index (Phi) is 4.01. The van der Waals surface area contributed by atoms with Gasteiger partial charge in [-0.3, -0.25) is 9.59 Å². The first kappa shape index (κ1) is 15.8. The molecule has 1 unspecified atom stereocenters. The first-order chi connectivity index (χ1) is 12.2. The SMILES string of the molecule is CNC1CCN(C(=O)CN2Cc3c(cnn3-c3ccccc3)C2=O)C1. The summed E-state index contributed by atoms with van der Waals surface area (Å²) >= 11 is 0. The highest BCUT2D eigenvalue weighted by Crippen LogP contribution is 2.25. The van der Waals surface area contributed by atoms with Crippen molar-refractivity contribution in [3.05, 3.63) is 47.8 Å². The summed E-state index contributed by atoms with van der Waals surface area (Å²) in [7, 11) is 1.91. The lowest BCUT2D eigenvalue weighted by molar-refractivity contribution is -0.130. The van der Waals surface area contributed by atoms with E-state index in [1.54, 1.807) is 15.8 Å². The lowest BCUT2D eigenvalue weighted by Crippen LogP contribution is -2.41. The number of benzene rings is 1. The molecule has 2 aliphatic rings. The minimum atomic E-state index is -0.116. The normalized spacial score (nSPS) is 19.6. The van der Waals surface area contributed by atoms with Gasteiger partial charge in [0.1, 0.15) is 6.54 Å². The molecule has 0 saturated carbocycles. The third-order valence-electron chi connectivity index (χ3n) is 5.00. The van der Waals surface area contributed by atoms with Crippen LogP contribution in [0.2, 0.25) is 0 Å². The molecule has 2 aromatic rings. The van der Waals surface area contributed by atoms with E-state index in [-0.39, 0.29) is 18.4 Å². The smallest absolute Gasteiger partial charge is 0.258 e. The van der Waals surface area contributed by atoms with Crippen LogP contribution in [0.15, 0.2) is 36.5 Å². The molecule has 0 radical (unpaired) electrons. The highest BCUT2D eigenvalue weighted by molar-refractivity contribution is 5.99. The van der Waals surface area contributed by atoms with E-state index in [2.05, 4.69) is 10.4 Å². The van der Waals surface area contributed by atoms with Gasteiger partial charge in [-0.1, -0.05) is 18.2 Å². The zero-order chi connectivity index (χ0) is 17.4. The molecule has 1 fully saturated rings. The minimum absolute atomic E-state index is 0.00970. The molecule has 0 bridgehead atoms. The Morgan fingerprint density at radius 3 is 2.84 bits per heavy atom. The van der Waals surface area contributed by atoms with Gasteiger partial charge in [0.15, 0.2) is 0 Å². The van der Waals surface area contributed by atoms with Crippen LogP contribution in [0.25, 0.3) is 5.69 Å². The van der Waals surface area contributed by atoms with E-state index in [0.717, 1.165) is 24.3 Å². The summed E-state index contributed by atoms with van der Waals surface area (Å²) in [5.41, 5.74) is 2.35. The highest BCUT2D eigenvalue weighted by atomic mass is 16.2. The second-order valence-corrected chi connectivity index (χ2v) is 6.53. The fraction of sp³-hybridized carbons (Fsp3) is 0.389. The fourth-order valence-corrected chi connectivity index (χ4v) is 3.53. The lowest BCUT2D eigenvalue weighted by atomic mass is 10.2. The van der Waals surface area contributed by atoms with Crippen molar-refractivity contribution in [1.29, 1.82) is 0 Å². The van der Waals surface area contributed by atoms with E-state index < -0.39 is 0 Å². The number of carbonyl (C=O) groups excluding carboxylic acids is 2. The molecule has 1 saturated heterocycles. The largest absolute Gasteiger partial charge is 0.340 e. The van der Waals surface area contributed by atoms with Crippen molar-refractivity contribution in [3.63, 3.8) is 0 Å². The number of carbonyl (C=O) groups is 2. The Labute approximate surface area is 146 Å². The molecule has 0 spiro atoms. The van der Waals surface area contributed by atoms with Gasteiger partial charge in [-0.15, -0.1) is 0 Å². The molecule has 4 rings (SSSR count). The Bertz CT molecular complexity index is 801. The zero-order valence-electron chi connectivity index (χ0n) is 14.2. The van der Waals surface area contributed by atoms with Gasteiger partial charge in [0.05, 0.1) is 29.7 Å². The summed E-state index contributed by atoms with van der Waals surface area (Å²) in [5.74, 6) is -0.106. The Hall–Kier alpha value is -2.67. The molecule has 7 nitrogen and oxygen atoms in total. The number of nitrogens with zero attached hydrogens (tertiary/aromatic N) is 4. The van der Waals surface area contributed by atoms with Crippen molar-refractivity contribution >= 4 is 11.8 Å². The monoisotopic (exact) mass is 339 g/mol. The zero-order valence-corrected chi connectivity index (χ0v) is 14.2. The van der Waals surface area contributed by atoms with Crippen molar-refractivity contribution in [3.8, 4) is 5.69 Å². The molecular weight excluding hydrogens is 318 g/mol. The average molecular weight is 339 g/mol. The number of aromatic nitrogens is 2. The van der Waals surface area contributed by atoms with Crippen LogP contribution in [0.3, 0.4) is 0 Å². The van der Waals surface area contributed by atoms with Gasteiger partial charge >= 0.3 is 0 Å². The number of likely N-dealkylation sites (N-methyl/N-ethyl adjacent to an activating group) is 1. The molecule has 0 aliphatic carbocycles. The molecule has 2 aliphatic heterocycles. The third-order valence-corrected chi connectivity index (χ3v) is 5.00. The summed E-state index contributed by atoms with van der Waals surface area (Å²) in [4.78, 5) is 28.6. The molecule has 1 aromatic carbocycles. The van der Waals surface area contributed by atoms with Crippen LogP contribution in [0.4, 0.5) is 0 Å². The predicted octanol–water partition coefficient (Wildman–Crippen LogP) is 0.648. The molecular formula is C18H21N5O2. The van der Waals surface area contributed by atoms with E-state index >= 15 is 0 Å². The standard InChI is InChI=1S/C18H21N5O2/c1-19-13-7-8-21(10-13)17(24)12-22-11-16-15(18(22)25)9-20-23(16)14-5-3-2-4-6-14/h2-6,9,13,19H,7-8,10-12H2,1H3. The van der Waals surface area contributed by atoms with Gasteiger partial charge in [-0.2, -0.15) is 5.10 Å². The van der Waals surface area contributed by atoms with Crippen molar-refractivity contribution in [2.45, 2.75) is 19.0 Å². The van der Waals surface area contributed by atoms with Crippen LogP contribution < -0.4 is 5.32 Å². The molecule has 2 amide bonds. The summed E-state index contributed by atoms with van der Waals surface area (Å²) in [6.45, 7) is 2.00. The summed E-state index contributed by atoms with van der Waals surface area (Å²) < 4.78 is 1.78. The molecule has 7 heteroatoms. The van der Waals surface area contributed by atoms with Gasteiger partial charge in [0, 0.05) is 19.1 Å². The fourth-order valence-electron chi connectivity index (χ4n) is 3.53. The second kappa shape index (κ2) is 6.33. The van der Waals surface area contributed by atoms with Gasteiger partial charge in [0.25, 0.3) is 5.91 Å². The summed E-state index contributed by atoms with van der Waals surface area (Å²) in [6.07, 6.45) is 2.56.